The molecular weight excluding hydrogens is 746 g/mol. The number of nitrogens with zero attached hydrogens (tertiary/aromatic N) is 1. The van der Waals surface area contributed by atoms with E-state index in [9.17, 15) is 14.4 Å². The summed E-state index contributed by atoms with van der Waals surface area (Å²) in [6.07, 6.45) is 0. The largest absolute Gasteiger partial charge is 0.337 e. The third kappa shape index (κ3) is 12.2. The highest BCUT2D eigenvalue weighted by atomic mass is 79.9. The van der Waals surface area contributed by atoms with E-state index in [0.717, 1.165) is 30.1 Å². The number of benzene rings is 3. The van der Waals surface area contributed by atoms with Crippen LogP contribution in [0.4, 0.5) is 31.4 Å². The van der Waals surface area contributed by atoms with Crippen molar-refractivity contribution in [2.75, 3.05) is 55.2 Å². The molecular formula is C30H36Br3N7O3. The van der Waals surface area contributed by atoms with Crippen molar-refractivity contribution in [2.24, 2.45) is 0 Å². The van der Waals surface area contributed by atoms with Crippen LogP contribution < -0.4 is 31.9 Å². The standard InChI is InChI=1S/C30H36Br3N7O3/c1-19-16-22(4-7-25(19)31)37-28(41)34-10-13-40(14-11-35-29(42)38-23-5-8-26(32)20(2)17-23)15-12-36-30(43)39-24-6-9-27(33)21(3)18-24/h4-9,16-18H,10-15H2,1-3H3,(H2,34,37,41)(H2,35,38,42)(H2,36,39,43). The highest BCUT2D eigenvalue weighted by molar-refractivity contribution is 9.11. The Morgan fingerprint density at radius 3 is 1.07 bits per heavy atom. The van der Waals surface area contributed by atoms with E-state index in [1.807, 2.05) is 75.4 Å². The second-order valence-corrected chi connectivity index (χ2v) is 12.4. The molecule has 13 heteroatoms. The number of rotatable bonds is 12. The van der Waals surface area contributed by atoms with E-state index in [2.05, 4.69) is 84.6 Å². The van der Waals surface area contributed by atoms with Gasteiger partial charge in [0, 0.05) is 69.7 Å². The van der Waals surface area contributed by atoms with Gasteiger partial charge in [-0.2, -0.15) is 0 Å². The summed E-state index contributed by atoms with van der Waals surface area (Å²) in [5, 5.41) is 17.1. The fraction of sp³-hybridized carbons (Fsp3) is 0.300. The van der Waals surface area contributed by atoms with Gasteiger partial charge in [-0.15, -0.1) is 0 Å². The van der Waals surface area contributed by atoms with Crippen LogP contribution in [-0.2, 0) is 0 Å². The van der Waals surface area contributed by atoms with Crippen molar-refractivity contribution in [1.82, 2.24) is 20.9 Å². The van der Waals surface area contributed by atoms with Gasteiger partial charge in [-0.05, 0) is 92.1 Å². The number of amides is 6. The first-order valence-electron chi connectivity index (χ1n) is 13.7. The molecule has 3 aromatic rings. The predicted octanol–water partition coefficient (Wildman–Crippen LogP) is 6.97. The minimum Gasteiger partial charge on any atom is -0.337 e. The summed E-state index contributed by atoms with van der Waals surface area (Å²) in [4.78, 5) is 39.4. The zero-order valence-electron chi connectivity index (χ0n) is 24.2. The molecule has 0 aromatic heterocycles. The van der Waals surface area contributed by atoms with Crippen LogP contribution >= 0.6 is 47.8 Å². The van der Waals surface area contributed by atoms with Crippen LogP contribution in [0.3, 0.4) is 0 Å². The minimum absolute atomic E-state index is 0.314. The second-order valence-electron chi connectivity index (χ2n) is 9.88. The zero-order valence-corrected chi connectivity index (χ0v) is 29.0. The smallest absolute Gasteiger partial charge is 0.319 e. The van der Waals surface area contributed by atoms with Crippen LogP contribution in [0.2, 0.25) is 0 Å². The van der Waals surface area contributed by atoms with Gasteiger partial charge in [-0.3, -0.25) is 4.90 Å². The Morgan fingerprint density at radius 2 is 0.814 bits per heavy atom. The number of anilines is 3. The number of halogens is 3. The minimum atomic E-state index is -0.314. The maximum atomic E-state index is 12.4. The van der Waals surface area contributed by atoms with Crippen molar-refractivity contribution >= 4 is 82.9 Å². The van der Waals surface area contributed by atoms with E-state index in [1.165, 1.54) is 0 Å². The molecule has 0 saturated heterocycles. The monoisotopic (exact) mass is 779 g/mol. The molecule has 10 nitrogen and oxygen atoms in total. The van der Waals surface area contributed by atoms with Gasteiger partial charge in [0.15, 0.2) is 0 Å². The lowest BCUT2D eigenvalue weighted by Gasteiger charge is -2.23. The summed E-state index contributed by atoms with van der Waals surface area (Å²) in [6, 6.07) is 15.8. The Labute approximate surface area is 277 Å². The van der Waals surface area contributed by atoms with E-state index in [1.54, 1.807) is 0 Å². The molecule has 6 N–H and O–H groups in total. The van der Waals surface area contributed by atoms with Crippen molar-refractivity contribution in [3.05, 3.63) is 84.7 Å². The number of aryl methyl sites for hydroxylation is 3. The molecule has 0 unspecified atom stereocenters. The Balaban J connectivity index is 1.48. The summed E-state index contributed by atoms with van der Waals surface area (Å²) in [5.74, 6) is 0. The maximum Gasteiger partial charge on any atom is 0.319 e. The van der Waals surface area contributed by atoms with Crippen LogP contribution in [0.5, 0.6) is 0 Å². The molecule has 0 spiro atoms. The van der Waals surface area contributed by atoms with Crippen molar-refractivity contribution in [2.45, 2.75) is 20.8 Å². The van der Waals surface area contributed by atoms with E-state index in [4.69, 9.17) is 0 Å². The molecule has 0 atom stereocenters. The van der Waals surface area contributed by atoms with Gasteiger partial charge in [0.05, 0.1) is 0 Å². The molecule has 230 valence electrons. The summed E-state index contributed by atoms with van der Waals surface area (Å²) in [6.45, 7) is 8.50. The Hall–Kier alpha value is -3.13. The predicted molar refractivity (Wildman–Crippen MR) is 184 cm³/mol. The number of nitrogens with one attached hydrogen (secondary N) is 6. The zero-order chi connectivity index (χ0) is 31.4. The van der Waals surface area contributed by atoms with Gasteiger partial charge in [-0.1, -0.05) is 47.8 Å². The van der Waals surface area contributed by atoms with Crippen LogP contribution in [0.15, 0.2) is 68.0 Å². The highest BCUT2D eigenvalue weighted by Gasteiger charge is 2.10. The molecule has 0 aliphatic heterocycles. The second kappa shape index (κ2) is 17.2. The van der Waals surface area contributed by atoms with Crippen molar-refractivity contribution in [3.8, 4) is 0 Å². The average Bonchev–Trinajstić information content (AvgIpc) is 2.94. The van der Waals surface area contributed by atoms with Gasteiger partial charge in [-0.25, -0.2) is 14.4 Å². The molecule has 6 amide bonds. The van der Waals surface area contributed by atoms with Crippen molar-refractivity contribution < 1.29 is 14.4 Å². The number of carbonyl (C=O) groups excluding carboxylic acids is 3. The van der Waals surface area contributed by atoms with Gasteiger partial charge in [0.2, 0.25) is 0 Å². The van der Waals surface area contributed by atoms with Gasteiger partial charge < -0.3 is 31.9 Å². The summed E-state index contributed by atoms with van der Waals surface area (Å²) in [7, 11) is 0. The fourth-order valence-electron chi connectivity index (χ4n) is 4.01. The molecule has 0 fully saturated rings. The van der Waals surface area contributed by atoms with E-state index >= 15 is 0 Å². The van der Waals surface area contributed by atoms with Crippen molar-refractivity contribution in [3.63, 3.8) is 0 Å². The third-order valence-corrected chi connectivity index (χ3v) is 9.06. The molecule has 0 aliphatic carbocycles. The Kier molecular flexibility index (Phi) is 13.8. The van der Waals surface area contributed by atoms with Crippen molar-refractivity contribution in [1.29, 1.82) is 0 Å². The normalized spacial score (nSPS) is 10.7. The number of hydrogen-bond donors (Lipinski definition) is 6. The SMILES string of the molecule is Cc1cc(NC(=O)NCCN(CCNC(=O)Nc2ccc(Br)c(C)c2)CCNC(=O)Nc2ccc(Br)c(C)c2)ccc1Br. The summed E-state index contributed by atoms with van der Waals surface area (Å²) in [5.41, 5.74) is 5.14. The molecule has 0 saturated carbocycles. The topological polar surface area (TPSA) is 127 Å². The fourth-order valence-corrected chi connectivity index (χ4v) is 4.75. The van der Waals surface area contributed by atoms with Gasteiger partial charge >= 0.3 is 18.1 Å². The molecule has 3 aromatic carbocycles. The number of hydrogen-bond acceptors (Lipinski definition) is 4. The number of carbonyl (C=O) groups is 3. The third-order valence-electron chi connectivity index (χ3n) is 6.39. The highest BCUT2D eigenvalue weighted by Crippen LogP contribution is 2.21. The Bertz CT molecular complexity index is 1270. The molecule has 0 aliphatic rings. The first kappa shape index (κ1) is 34.4. The molecule has 3 rings (SSSR count). The average molecular weight is 782 g/mol. The lowest BCUT2D eigenvalue weighted by Crippen LogP contribution is -2.44. The first-order valence-corrected chi connectivity index (χ1v) is 16.0. The van der Waals surface area contributed by atoms with Crippen LogP contribution in [0.25, 0.3) is 0 Å². The lowest BCUT2D eigenvalue weighted by molar-refractivity contribution is 0.238. The summed E-state index contributed by atoms with van der Waals surface area (Å²) < 4.78 is 2.91. The van der Waals surface area contributed by atoms with Crippen LogP contribution in [0, 0.1) is 20.8 Å². The van der Waals surface area contributed by atoms with E-state index in [-0.39, 0.29) is 18.1 Å². The Morgan fingerprint density at radius 1 is 0.535 bits per heavy atom. The quantitative estimate of drug-likeness (QED) is 0.119. The molecule has 0 radical (unpaired) electrons. The maximum absolute atomic E-state index is 12.4. The summed E-state index contributed by atoms with van der Waals surface area (Å²) >= 11 is 10.4. The lowest BCUT2D eigenvalue weighted by atomic mass is 10.2. The molecule has 0 bridgehead atoms. The molecule has 43 heavy (non-hydrogen) atoms. The number of urea groups is 3. The van der Waals surface area contributed by atoms with Crippen LogP contribution in [0.1, 0.15) is 16.7 Å². The van der Waals surface area contributed by atoms with Gasteiger partial charge in [0.1, 0.15) is 0 Å². The van der Waals surface area contributed by atoms with E-state index in [0.29, 0.717) is 56.3 Å². The van der Waals surface area contributed by atoms with Crippen LogP contribution in [-0.4, -0.2) is 62.3 Å². The molecule has 0 heterocycles. The van der Waals surface area contributed by atoms with Gasteiger partial charge in [0.25, 0.3) is 0 Å². The van der Waals surface area contributed by atoms with E-state index < -0.39 is 0 Å². The first-order chi connectivity index (χ1) is 20.5.